The molecule has 0 radical (unpaired) electrons. The van der Waals surface area contributed by atoms with E-state index in [4.69, 9.17) is 11.6 Å². The molecule has 296 valence electrons. The fourth-order valence-corrected chi connectivity index (χ4v) is 15.2. The Morgan fingerprint density at radius 3 is 1.59 bits per heavy atom. The highest BCUT2D eigenvalue weighted by Gasteiger charge is 2.27. The van der Waals surface area contributed by atoms with Gasteiger partial charge in [0.25, 0.3) is 0 Å². The van der Waals surface area contributed by atoms with Gasteiger partial charge in [0.1, 0.15) is 0 Å². The van der Waals surface area contributed by atoms with Crippen LogP contribution in [0.3, 0.4) is 0 Å². The predicted octanol–water partition coefficient (Wildman–Crippen LogP) is 19.1. The molecule has 0 saturated carbocycles. The first kappa shape index (κ1) is 36.2. The quantitative estimate of drug-likeness (QED) is 0.182. The second-order valence-electron chi connectivity index (χ2n) is 16.4. The fourth-order valence-electron chi connectivity index (χ4n) is 10.4. The van der Waals surface area contributed by atoms with E-state index in [0.717, 1.165) is 22.8 Å². The molecule has 0 unspecified atom stereocenters. The van der Waals surface area contributed by atoms with Gasteiger partial charge in [-0.2, -0.15) is 0 Å². The lowest BCUT2D eigenvalue weighted by molar-refractivity contribution is 1.29. The zero-order chi connectivity index (χ0) is 41.3. The third-order valence-corrected chi connectivity index (χ3v) is 18.0. The van der Waals surface area contributed by atoms with Crippen molar-refractivity contribution in [3.8, 4) is 11.1 Å². The first-order valence-corrected chi connectivity index (χ1v) is 24.8. The number of anilines is 2. The highest BCUT2D eigenvalue weighted by molar-refractivity contribution is 7.28. The zero-order valence-electron chi connectivity index (χ0n) is 33.5. The van der Waals surface area contributed by atoms with E-state index in [9.17, 15) is 0 Å². The number of benzene rings is 10. The molecule has 15 rings (SSSR count). The lowest BCUT2D eigenvalue weighted by Crippen LogP contribution is -1.92. The first-order valence-electron chi connectivity index (χ1n) is 21.1. The number of hydrogen-bond acceptors (Lipinski definition) is 5. The molecule has 14 aromatic rings. The van der Waals surface area contributed by atoms with Gasteiger partial charge in [-0.25, -0.2) is 0 Å². The second kappa shape index (κ2) is 13.8. The summed E-state index contributed by atoms with van der Waals surface area (Å²) in [6, 6.07) is 63.8. The molecule has 6 heteroatoms. The number of thiophene rings is 4. The first-order chi connectivity index (χ1) is 31.2. The molecule has 0 bridgehead atoms. The lowest BCUT2D eigenvalue weighted by Gasteiger charge is -2.12. The van der Waals surface area contributed by atoms with Crippen molar-refractivity contribution in [2.24, 2.45) is 0 Å². The van der Waals surface area contributed by atoms with Crippen LogP contribution in [0.5, 0.6) is 0 Å². The van der Waals surface area contributed by atoms with Crippen molar-refractivity contribution >= 4 is 171 Å². The van der Waals surface area contributed by atoms with Gasteiger partial charge in [-0.1, -0.05) is 133 Å². The minimum Gasteiger partial charge on any atom is -0.353 e. The zero-order valence-corrected chi connectivity index (χ0v) is 37.5. The van der Waals surface area contributed by atoms with E-state index in [1.54, 1.807) is 0 Å². The molecular weight excluding hydrogens is 862 g/mol. The van der Waals surface area contributed by atoms with Crippen LogP contribution in [-0.4, -0.2) is 0 Å². The Morgan fingerprint density at radius 1 is 0.381 bits per heavy atom. The summed E-state index contributed by atoms with van der Waals surface area (Å²) in [6.45, 7) is 0. The molecule has 4 aromatic heterocycles. The predicted molar refractivity (Wildman–Crippen MR) is 282 cm³/mol. The molecule has 10 aromatic carbocycles. The van der Waals surface area contributed by atoms with Crippen molar-refractivity contribution in [1.29, 1.82) is 0 Å². The fraction of sp³-hybridized carbons (Fsp3) is 0.0175. The number of rotatable bonds is 2. The normalized spacial score (nSPS) is 12.5. The summed E-state index contributed by atoms with van der Waals surface area (Å²) in [5, 5.41) is 20.8. The van der Waals surface area contributed by atoms with Gasteiger partial charge in [0, 0.05) is 93.2 Å². The molecule has 0 saturated heterocycles. The van der Waals surface area contributed by atoms with Gasteiger partial charge in [0.15, 0.2) is 0 Å². The van der Waals surface area contributed by atoms with Gasteiger partial charge < -0.3 is 5.32 Å². The molecule has 4 heterocycles. The molecule has 63 heavy (non-hydrogen) atoms. The average Bonchev–Trinajstić information content (AvgIpc) is 4.15. The summed E-state index contributed by atoms with van der Waals surface area (Å²) in [6.07, 6.45) is 1.03. The maximum Gasteiger partial charge on any atom is 0.0640 e. The highest BCUT2D eigenvalue weighted by atomic mass is 35.5. The second-order valence-corrected chi connectivity index (χ2v) is 21.1. The third-order valence-electron chi connectivity index (χ3n) is 13.0. The molecular formula is C57H32ClNS4. The van der Waals surface area contributed by atoms with Crippen LogP contribution in [-0.2, 0) is 6.42 Å². The maximum atomic E-state index is 6.49. The maximum absolute atomic E-state index is 6.49. The number of nitrogens with one attached hydrogen (secondary N) is 1. The van der Waals surface area contributed by atoms with Crippen molar-refractivity contribution < 1.29 is 0 Å². The summed E-state index contributed by atoms with van der Waals surface area (Å²) < 4.78 is 10.9. The summed E-state index contributed by atoms with van der Waals surface area (Å²) in [4.78, 5) is 0. The van der Waals surface area contributed by atoms with Crippen molar-refractivity contribution in [3.05, 3.63) is 192 Å². The van der Waals surface area contributed by atoms with Gasteiger partial charge >= 0.3 is 0 Å². The van der Waals surface area contributed by atoms with E-state index < -0.39 is 0 Å². The minimum absolute atomic E-state index is 0.723. The summed E-state index contributed by atoms with van der Waals surface area (Å²) in [5.74, 6) is 0. The van der Waals surface area contributed by atoms with E-state index in [1.165, 1.54) is 124 Å². The van der Waals surface area contributed by atoms with Crippen LogP contribution in [0.1, 0.15) is 11.1 Å². The topological polar surface area (TPSA) is 12.0 Å². The van der Waals surface area contributed by atoms with Gasteiger partial charge in [-0.3, -0.25) is 0 Å². The standard InChI is InChI=1S/C29H16S2.C28H16ClNS2/c1-2-8-17-16(7-1)15-21-25(17)20-13-14-24-26(18-9-3-5-11-22(18)30-24)27(20)28-19-10-4-6-12-23(19)31-29(21)28;29-19-9-3-4-10-20(19)30-21-15-16-13-14-24-26(17-7-1-5-11-22(17)31-24)25(16)27-18-8-2-6-12-23(18)32-28(21)27/h1-14H,15H2;1-15,30H. The number of hydrogen-bond donors (Lipinski definition) is 1. The number of halogens is 1. The molecule has 1 N–H and O–H groups in total. The largest absolute Gasteiger partial charge is 0.353 e. The van der Waals surface area contributed by atoms with E-state index >= 15 is 0 Å². The Bertz CT molecular complexity index is 4240. The third kappa shape index (κ3) is 5.32. The van der Waals surface area contributed by atoms with Crippen LogP contribution < -0.4 is 5.32 Å². The van der Waals surface area contributed by atoms with Crippen LogP contribution in [0.4, 0.5) is 11.4 Å². The Kier molecular flexibility index (Phi) is 7.95. The molecule has 1 aliphatic rings. The highest BCUT2D eigenvalue weighted by Crippen LogP contribution is 2.54. The molecule has 1 nitrogen and oxygen atoms in total. The molecule has 0 spiro atoms. The molecule has 0 amide bonds. The van der Waals surface area contributed by atoms with Crippen molar-refractivity contribution in [3.63, 3.8) is 0 Å². The van der Waals surface area contributed by atoms with Crippen LogP contribution in [0, 0.1) is 0 Å². The SMILES string of the molecule is Clc1ccccc1Nc1cc2ccc3sc4ccccc4c3c2c2c1sc1ccccc12.c1ccc2c(c1)Cc1c-2c2ccc3sc4ccccc4c3c2c2c1sc1ccccc12. The lowest BCUT2D eigenvalue weighted by atomic mass is 9.91. The minimum atomic E-state index is 0.723. The smallest absolute Gasteiger partial charge is 0.0640 e. The van der Waals surface area contributed by atoms with Crippen molar-refractivity contribution in [2.45, 2.75) is 6.42 Å². The number of para-hydroxylation sites is 1. The van der Waals surface area contributed by atoms with Crippen LogP contribution in [0.15, 0.2) is 176 Å². The molecule has 0 fully saturated rings. The van der Waals surface area contributed by atoms with Crippen LogP contribution in [0.25, 0.3) is 113 Å². The van der Waals surface area contributed by atoms with E-state index in [2.05, 4.69) is 157 Å². The van der Waals surface area contributed by atoms with Crippen LogP contribution in [0.2, 0.25) is 5.02 Å². The Morgan fingerprint density at radius 2 is 0.905 bits per heavy atom. The van der Waals surface area contributed by atoms with E-state index in [0.29, 0.717) is 0 Å². The Labute approximate surface area is 382 Å². The average molecular weight is 895 g/mol. The van der Waals surface area contributed by atoms with Crippen molar-refractivity contribution in [2.75, 3.05) is 5.32 Å². The summed E-state index contributed by atoms with van der Waals surface area (Å²) in [7, 11) is 0. The summed E-state index contributed by atoms with van der Waals surface area (Å²) in [5.41, 5.74) is 7.88. The van der Waals surface area contributed by atoms with E-state index in [-0.39, 0.29) is 0 Å². The van der Waals surface area contributed by atoms with Gasteiger partial charge in [-0.05, 0) is 87.6 Å². The van der Waals surface area contributed by atoms with E-state index in [1.807, 2.05) is 69.6 Å². The van der Waals surface area contributed by atoms with Crippen LogP contribution >= 0.6 is 56.9 Å². The van der Waals surface area contributed by atoms with Gasteiger partial charge in [0.2, 0.25) is 0 Å². The van der Waals surface area contributed by atoms with Gasteiger partial charge in [-0.15, -0.1) is 45.3 Å². The Hall–Kier alpha value is -6.31. The molecule has 0 aliphatic heterocycles. The number of fused-ring (bicyclic) bond motifs is 23. The van der Waals surface area contributed by atoms with Gasteiger partial charge in [0.05, 0.1) is 21.1 Å². The monoisotopic (exact) mass is 893 g/mol. The molecule has 0 atom stereocenters. The Balaban J connectivity index is 0.000000122. The van der Waals surface area contributed by atoms with Crippen molar-refractivity contribution in [1.82, 2.24) is 0 Å². The summed E-state index contributed by atoms with van der Waals surface area (Å²) >= 11 is 14.1. The molecule has 1 aliphatic carbocycles.